The lowest BCUT2D eigenvalue weighted by Crippen LogP contribution is -2.47. The summed E-state index contributed by atoms with van der Waals surface area (Å²) < 4.78 is 7.08. The van der Waals surface area contributed by atoms with E-state index in [9.17, 15) is 4.79 Å². The molecule has 2 aliphatic heterocycles. The number of halogens is 1. The number of hydrogen-bond acceptors (Lipinski definition) is 5. The zero-order chi connectivity index (χ0) is 21.6. The number of ether oxygens (including phenoxy) is 1. The fraction of sp³-hybridized carbons (Fsp3) is 0.545. The largest absolute Gasteiger partial charge is 0.377 e. The van der Waals surface area contributed by atoms with E-state index in [0.29, 0.717) is 19.6 Å². The smallest absolute Gasteiger partial charge is 0.223 e. The van der Waals surface area contributed by atoms with Crippen LogP contribution >= 0.6 is 24.0 Å². The van der Waals surface area contributed by atoms with Gasteiger partial charge in [0.1, 0.15) is 12.4 Å². The van der Waals surface area contributed by atoms with Gasteiger partial charge in [0.15, 0.2) is 11.8 Å². The van der Waals surface area contributed by atoms with Crippen molar-refractivity contribution in [3.8, 4) is 0 Å². The summed E-state index contributed by atoms with van der Waals surface area (Å²) in [7, 11) is 3.42. The molecule has 2 aliphatic rings. The Morgan fingerprint density at radius 3 is 2.72 bits per heavy atom. The molecule has 0 bridgehead atoms. The number of methoxy groups -OCH3 is 1. The summed E-state index contributed by atoms with van der Waals surface area (Å²) in [6.45, 7) is 3.34. The molecule has 1 aromatic heterocycles. The van der Waals surface area contributed by atoms with E-state index < -0.39 is 0 Å². The van der Waals surface area contributed by atoms with E-state index in [4.69, 9.17) is 4.74 Å². The fourth-order valence-corrected chi connectivity index (χ4v) is 4.17. The summed E-state index contributed by atoms with van der Waals surface area (Å²) in [5.74, 6) is 2.70. The molecule has 2 aromatic rings. The molecule has 0 spiro atoms. The Hall–Kier alpha value is -2.21. The van der Waals surface area contributed by atoms with Crippen molar-refractivity contribution >= 4 is 35.8 Å². The van der Waals surface area contributed by atoms with E-state index in [1.165, 1.54) is 11.1 Å². The van der Waals surface area contributed by atoms with Crippen molar-refractivity contribution in [2.24, 2.45) is 4.99 Å². The van der Waals surface area contributed by atoms with Gasteiger partial charge in [-0.2, -0.15) is 5.10 Å². The Balaban J connectivity index is 0.00000289. The maximum atomic E-state index is 12.5. The van der Waals surface area contributed by atoms with Crippen LogP contribution in [0.25, 0.3) is 0 Å². The van der Waals surface area contributed by atoms with E-state index in [1.807, 2.05) is 21.7 Å². The number of nitrogens with zero attached hydrogens (tertiary/aromatic N) is 5. The van der Waals surface area contributed by atoms with Gasteiger partial charge in [0.05, 0.1) is 6.54 Å². The number of guanidine groups is 1. The first-order valence-corrected chi connectivity index (χ1v) is 10.9. The van der Waals surface area contributed by atoms with Crippen LogP contribution in [-0.2, 0) is 42.2 Å². The fourth-order valence-electron chi connectivity index (χ4n) is 4.17. The van der Waals surface area contributed by atoms with Crippen LogP contribution in [0.1, 0.15) is 42.0 Å². The maximum Gasteiger partial charge on any atom is 0.223 e. The van der Waals surface area contributed by atoms with Crippen molar-refractivity contribution in [2.45, 2.75) is 58.0 Å². The Labute approximate surface area is 206 Å². The maximum absolute atomic E-state index is 12.5. The van der Waals surface area contributed by atoms with E-state index in [1.54, 1.807) is 14.2 Å². The van der Waals surface area contributed by atoms with Gasteiger partial charge < -0.3 is 20.3 Å². The summed E-state index contributed by atoms with van der Waals surface area (Å²) in [6.07, 6.45) is 3.15. The van der Waals surface area contributed by atoms with Gasteiger partial charge in [-0.15, -0.1) is 24.0 Å². The van der Waals surface area contributed by atoms with Gasteiger partial charge in [-0.1, -0.05) is 24.3 Å². The van der Waals surface area contributed by atoms with E-state index in [-0.39, 0.29) is 35.9 Å². The summed E-state index contributed by atoms with van der Waals surface area (Å²) >= 11 is 0. The third-order valence-corrected chi connectivity index (χ3v) is 5.79. The van der Waals surface area contributed by atoms with Crippen LogP contribution in [0, 0.1) is 0 Å². The molecule has 1 aromatic carbocycles. The van der Waals surface area contributed by atoms with Gasteiger partial charge in [0.2, 0.25) is 5.91 Å². The van der Waals surface area contributed by atoms with Crippen molar-refractivity contribution in [2.75, 3.05) is 20.7 Å². The van der Waals surface area contributed by atoms with Crippen LogP contribution in [0.2, 0.25) is 0 Å². The molecule has 32 heavy (non-hydrogen) atoms. The SMILES string of the molecule is CN=C(NCCCC(=O)N1Cc2ccccc2C1)NC1CCc2nc(COC)nn2C1.I. The van der Waals surface area contributed by atoms with Crippen molar-refractivity contribution in [3.05, 3.63) is 47.0 Å². The molecule has 0 saturated carbocycles. The first kappa shape index (κ1) is 24.4. The third-order valence-electron chi connectivity index (χ3n) is 5.79. The van der Waals surface area contributed by atoms with Gasteiger partial charge >= 0.3 is 0 Å². The zero-order valence-corrected chi connectivity index (χ0v) is 21.0. The Morgan fingerprint density at radius 1 is 1.28 bits per heavy atom. The average molecular weight is 553 g/mol. The Bertz CT molecular complexity index is 921. The van der Waals surface area contributed by atoms with Gasteiger partial charge in [-0.05, 0) is 24.0 Å². The lowest BCUT2D eigenvalue weighted by Gasteiger charge is -2.25. The summed E-state index contributed by atoms with van der Waals surface area (Å²) in [4.78, 5) is 23.3. The van der Waals surface area contributed by atoms with E-state index >= 15 is 0 Å². The average Bonchev–Trinajstić information content (AvgIpc) is 3.39. The molecule has 0 fully saturated rings. The van der Waals surface area contributed by atoms with Crippen LogP contribution in [-0.4, -0.2) is 58.3 Å². The number of aryl methyl sites for hydroxylation is 1. The summed E-state index contributed by atoms with van der Waals surface area (Å²) in [5.41, 5.74) is 2.52. The predicted molar refractivity (Wildman–Crippen MR) is 133 cm³/mol. The van der Waals surface area contributed by atoms with Gasteiger partial charge in [-0.25, -0.2) is 9.67 Å². The molecule has 10 heteroatoms. The van der Waals surface area contributed by atoms with Crippen molar-refractivity contribution in [3.63, 3.8) is 0 Å². The first-order valence-electron chi connectivity index (χ1n) is 10.9. The summed E-state index contributed by atoms with van der Waals surface area (Å²) in [5, 5.41) is 11.3. The van der Waals surface area contributed by atoms with Gasteiger partial charge in [-0.3, -0.25) is 9.79 Å². The zero-order valence-electron chi connectivity index (χ0n) is 18.7. The third kappa shape index (κ3) is 5.97. The van der Waals surface area contributed by atoms with Crippen LogP contribution in [0.3, 0.4) is 0 Å². The number of amides is 1. The molecule has 9 nitrogen and oxygen atoms in total. The standard InChI is InChI=1S/C22H31N7O2.HI/c1-23-22(25-18-9-10-20-26-19(15-31-2)27-29(20)14-18)24-11-5-8-21(30)28-12-16-6-3-4-7-17(16)13-28;/h3-4,6-7,18H,5,8-15H2,1-2H3,(H2,23,24,25);1H. The highest BCUT2D eigenvalue weighted by molar-refractivity contribution is 14.0. The second-order valence-electron chi connectivity index (χ2n) is 8.06. The number of carbonyl (C=O) groups is 1. The number of aromatic nitrogens is 3. The number of hydrogen-bond donors (Lipinski definition) is 2. The molecule has 0 aliphatic carbocycles. The minimum Gasteiger partial charge on any atom is -0.377 e. The molecule has 2 N–H and O–H groups in total. The van der Waals surface area contributed by atoms with Crippen LogP contribution in [0.4, 0.5) is 0 Å². The molecule has 174 valence electrons. The molecule has 4 rings (SSSR count). The second kappa shape index (κ2) is 11.6. The monoisotopic (exact) mass is 553 g/mol. The first-order chi connectivity index (χ1) is 15.2. The quantitative estimate of drug-likeness (QED) is 0.235. The number of rotatable bonds is 7. The molecule has 0 radical (unpaired) electrons. The topological polar surface area (TPSA) is 96.7 Å². The second-order valence-corrected chi connectivity index (χ2v) is 8.06. The summed E-state index contributed by atoms with van der Waals surface area (Å²) in [6, 6.07) is 8.51. The van der Waals surface area contributed by atoms with Crippen molar-refractivity contribution in [1.82, 2.24) is 30.3 Å². The molecule has 1 atom stereocenters. The number of benzene rings is 1. The normalized spacial score (nSPS) is 17.4. The van der Waals surface area contributed by atoms with Crippen molar-refractivity contribution < 1.29 is 9.53 Å². The minimum absolute atomic E-state index is 0. The van der Waals surface area contributed by atoms with Crippen molar-refractivity contribution in [1.29, 1.82) is 0 Å². The lowest BCUT2D eigenvalue weighted by atomic mass is 10.1. The molecule has 1 amide bonds. The number of nitrogens with one attached hydrogen (secondary N) is 2. The number of carbonyl (C=O) groups excluding carboxylic acids is 1. The minimum atomic E-state index is 0. The van der Waals surface area contributed by atoms with Crippen LogP contribution < -0.4 is 10.6 Å². The predicted octanol–water partition coefficient (Wildman–Crippen LogP) is 1.84. The van der Waals surface area contributed by atoms with Gasteiger partial charge in [0.25, 0.3) is 0 Å². The van der Waals surface area contributed by atoms with Crippen LogP contribution in [0.15, 0.2) is 29.3 Å². The molecular formula is C22H32IN7O2. The molecule has 1 unspecified atom stereocenters. The van der Waals surface area contributed by atoms with Crippen LogP contribution in [0.5, 0.6) is 0 Å². The van der Waals surface area contributed by atoms with E-state index in [2.05, 4.69) is 37.8 Å². The molecular weight excluding hydrogens is 521 g/mol. The molecule has 3 heterocycles. The van der Waals surface area contributed by atoms with E-state index in [0.717, 1.165) is 56.5 Å². The number of fused-ring (bicyclic) bond motifs is 2. The molecule has 0 saturated heterocycles. The van der Waals surface area contributed by atoms with Gasteiger partial charge in [0, 0.05) is 52.7 Å². The Morgan fingerprint density at radius 2 is 2.03 bits per heavy atom. The lowest BCUT2D eigenvalue weighted by molar-refractivity contribution is -0.131. The Kier molecular flexibility index (Phi) is 8.85. The highest BCUT2D eigenvalue weighted by Crippen LogP contribution is 2.22. The highest BCUT2D eigenvalue weighted by atomic mass is 127. The number of aliphatic imine (C=N–C) groups is 1. The highest BCUT2D eigenvalue weighted by Gasteiger charge is 2.23.